The molecule has 1 fully saturated rings. The maximum atomic E-state index is 13.3. The van der Waals surface area contributed by atoms with Crippen LogP contribution in [-0.4, -0.2) is 50.8 Å². The summed E-state index contributed by atoms with van der Waals surface area (Å²) in [6, 6.07) is 14.2. The number of aryl methyl sites for hydroxylation is 1. The molecule has 0 saturated carbocycles. The summed E-state index contributed by atoms with van der Waals surface area (Å²) in [6.07, 6.45) is 0. The van der Waals surface area contributed by atoms with E-state index < -0.39 is 0 Å². The number of hydrogen-bond acceptors (Lipinski definition) is 6. The lowest BCUT2D eigenvalue weighted by Gasteiger charge is -2.40. The summed E-state index contributed by atoms with van der Waals surface area (Å²) < 4.78 is 14.8. The minimum absolute atomic E-state index is 0.126. The molecule has 160 valence electrons. The van der Waals surface area contributed by atoms with Gasteiger partial charge in [0.25, 0.3) is 0 Å². The van der Waals surface area contributed by atoms with Gasteiger partial charge < -0.3 is 10.0 Å². The Labute approximate surface area is 188 Å². The predicted molar refractivity (Wildman–Crippen MR) is 121 cm³/mol. The highest BCUT2D eigenvalue weighted by atomic mass is 35.5. The van der Waals surface area contributed by atoms with Gasteiger partial charge in [0.2, 0.25) is 10.8 Å². The number of halogens is 2. The van der Waals surface area contributed by atoms with Gasteiger partial charge in [-0.15, -0.1) is 5.10 Å². The standard InChI is InChI=1S/C22H21ClFN5OS/c1-14-25-22-29(26-14)21(30)20(31-22)19(15-2-4-16(23)5-3-15)28-12-10-27(11-13-28)18-8-6-17(24)7-9-18/h2-9,19,30H,10-13H2,1H3/t19-/m0/s1. The lowest BCUT2D eigenvalue weighted by atomic mass is 10.0. The first-order valence-electron chi connectivity index (χ1n) is 10.0. The number of rotatable bonds is 4. The number of anilines is 1. The Kier molecular flexibility index (Phi) is 5.29. The van der Waals surface area contributed by atoms with E-state index in [1.807, 2.05) is 43.3 Å². The fraction of sp³-hybridized carbons (Fsp3) is 0.273. The third-order valence-electron chi connectivity index (χ3n) is 5.61. The first-order valence-corrected chi connectivity index (χ1v) is 11.2. The molecular weight excluding hydrogens is 437 g/mol. The third kappa shape index (κ3) is 3.86. The molecule has 4 aromatic rings. The molecule has 0 amide bonds. The summed E-state index contributed by atoms with van der Waals surface area (Å²) in [5.74, 6) is 0.526. The van der Waals surface area contributed by atoms with Gasteiger partial charge in [0.1, 0.15) is 11.6 Å². The molecule has 1 aliphatic rings. The summed E-state index contributed by atoms with van der Waals surface area (Å²) in [6.45, 7) is 4.99. The molecule has 1 N–H and O–H groups in total. The first kappa shape index (κ1) is 20.2. The van der Waals surface area contributed by atoms with Crippen molar-refractivity contribution in [2.45, 2.75) is 13.0 Å². The highest BCUT2D eigenvalue weighted by Gasteiger charge is 2.31. The normalized spacial score (nSPS) is 16.2. The van der Waals surface area contributed by atoms with Gasteiger partial charge in [0.05, 0.1) is 10.9 Å². The number of aromatic nitrogens is 3. The van der Waals surface area contributed by atoms with E-state index in [4.69, 9.17) is 11.6 Å². The van der Waals surface area contributed by atoms with Crippen molar-refractivity contribution in [2.24, 2.45) is 0 Å². The molecule has 9 heteroatoms. The zero-order valence-corrected chi connectivity index (χ0v) is 18.4. The summed E-state index contributed by atoms with van der Waals surface area (Å²) in [5.41, 5.74) is 2.07. The monoisotopic (exact) mass is 457 g/mol. The van der Waals surface area contributed by atoms with Crippen LogP contribution in [0.1, 0.15) is 22.3 Å². The molecule has 6 nitrogen and oxygen atoms in total. The quantitative estimate of drug-likeness (QED) is 0.488. The highest BCUT2D eigenvalue weighted by molar-refractivity contribution is 7.17. The lowest BCUT2D eigenvalue weighted by Crippen LogP contribution is -2.47. The Morgan fingerprint density at radius 3 is 2.35 bits per heavy atom. The summed E-state index contributed by atoms with van der Waals surface area (Å²) in [4.78, 5) is 10.5. The van der Waals surface area contributed by atoms with Gasteiger partial charge in [-0.25, -0.2) is 9.37 Å². The maximum absolute atomic E-state index is 13.3. The molecule has 1 saturated heterocycles. The topological polar surface area (TPSA) is 56.9 Å². The molecule has 0 aliphatic carbocycles. The summed E-state index contributed by atoms with van der Waals surface area (Å²) >= 11 is 7.58. The number of hydrogen-bond donors (Lipinski definition) is 1. The molecule has 31 heavy (non-hydrogen) atoms. The number of nitrogens with zero attached hydrogens (tertiary/aromatic N) is 5. The lowest BCUT2D eigenvalue weighted by molar-refractivity contribution is 0.211. The Balaban J connectivity index is 1.46. The Morgan fingerprint density at radius 1 is 1.03 bits per heavy atom. The van der Waals surface area contributed by atoms with Crippen LogP contribution >= 0.6 is 22.9 Å². The first-order chi connectivity index (χ1) is 15.0. The molecule has 0 radical (unpaired) electrons. The van der Waals surface area contributed by atoms with Crippen molar-refractivity contribution in [3.8, 4) is 5.88 Å². The van der Waals surface area contributed by atoms with E-state index in [0.29, 0.717) is 15.8 Å². The van der Waals surface area contributed by atoms with Gasteiger partial charge in [-0.3, -0.25) is 4.90 Å². The van der Waals surface area contributed by atoms with E-state index in [9.17, 15) is 9.50 Å². The second-order valence-electron chi connectivity index (χ2n) is 7.60. The summed E-state index contributed by atoms with van der Waals surface area (Å²) in [7, 11) is 0. The van der Waals surface area contributed by atoms with Crippen LogP contribution in [0.3, 0.4) is 0 Å². The highest BCUT2D eigenvalue weighted by Crippen LogP contribution is 2.40. The number of benzene rings is 2. The van der Waals surface area contributed by atoms with Crippen LogP contribution in [0.4, 0.5) is 10.1 Å². The fourth-order valence-corrected chi connectivity index (χ4v) is 5.38. The molecule has 0 spiro atoms. The minimum Gasteiger partial charge on any atom is -0.492 e. The molecule has 0 bridgehead atoms. The van der Waals surface area contributed by atoms with E-state index in [0.717, 1.165) is 42.3 Å². The van der Waals surface area contributed by atoms with E-state index in [-0.39, 0.29) is 17.7 Å². The van der Waals surface area contributed by atoms with Gasteiger partial charge in [0, 0.05) is 36.9 Å². The molecular formula is C22H21ClFN5OS. The van der Waals surface area contributed by atoms with Crippen LogP contribution in [0.5, 0.6) is 5.88 Å². The molecule has 1 atom stereocenters. The SMILES string of the molecule is Cc1nc2sc([C@H](c3ccc(Cl)cc3)N3CCN(c4ccc(F)cc4)CC3)c(O)n2n1. The smallest absolute Gasteiger partial charge is 0.230 e. The van der Waals surface area contributed by atoms with Crippen molar-refractivity contribution in [1.82, 2.24) is 19.5 Å². The van der Waals surface area contributed by atoms with Crippen molar-refractivity contribution >= 4 is 33.6 Å². The average Bonchev–Trinajstić information content (AvgIpc) is 3.28. The van der Waals surface area contributed by atoms with Crippen LogP contribution in [0.25, 0.3) is 4.96 Å². The zero-order chi connectivity index (χ0) is 21.5. The largest absolute Gasteiger partial charge is 0.492 e. The molecule has 2 aromatic heterocycles. The molecule has 2 aromatic carbocycles. The van der Waals surface area contributed by atoms with Crippen molar-refractivity contribution in [2.75, 3.05) is 31.1 Å². The van der Waals surface area contributed by atoms with E-state index in [2.05, 4.69) is 19.9 Å². The van der Waals surface area contributed by atoms with Crippen molar-refractivity contribution in [3.63, 3.8) is 0 Å². The van der Waals surface area contributed by atoms with Crippen molar-refractivity contribution < 1.29 is 9.50 Å². The minimum atomic E-state index is -0.229. The molecule has 1 aliphatic heterocycles. The van der Waals surface area contributed by atoms with Crippen LogP contribution in [-0.2, 0) is 0 Å². The fourth-order valence-electron chi connectivity index (χ4n) is 4.09. The van der Waals surface area contributed by atoms with Crippen LogP contribution in [0, 0.1) is 12.7 Å². The van der Waals surface area contributed by atoms with Crippen LogP contribution < -0.4 is 4.90 Å². The number of aromatic hydroxyl groups is 1. The number of piperazine rings is 1. The van der Waals surface area contributed by atoms with E-state index in [1.54, 1.807) is 0 Å². The maximum Gasteiger partial charge on any atom is 0.230 e. The number of thiazole rings is 1. The van der Waals surface area contributed by atoms with Gasteiger partial charge in [-0.05, 0) is 48.9 Å². The third-order valence-corrected chi connectivity index (χ3v) is 6.94. The Hall–Kier alpha value is -2.68. The van der Waals surface area contributed by atoms with Gasteiger partial charge >= 0.3 is 0 Å². The van der Waals surface area contributed by atoms with Gasteiger partial charge in [-0.2, -0.15) is 4.52 Å². The molecule has 0 unspecified atom stereocenters. The Morgan fingerprint density at radius 2 is 1.71 bits per heavy atom. The van der Waals surface area contributed by atoms with Crippen LogP contribution in [0.15, 0.2) is 48.5 Å². The second-order valence-corrected chi connectivity index (χ2v) is 9.04. The van der Waals surface area contributed by atoms with E-state index >= 15 is 0 Å². The Bertz CT molecular complexity index is 1200. The molecule has 3 heterocycles. The number of fused-ring (bicyclic) bond motifs is 1. The van der Waals surface area contributed by atoms with Gasteiger partial charge in [-0.1, -0.05) is 35.1 Å². The average molecular weight is 458 g/mol. The second kappa shape index (κ2) is 8.11. The zero-order valence-electron chi connectivity index (χ0n) is 16.9. The van der Waals surface area contributed by atoms with Crippen molar-refractivity contribution in [1.29, 1.82) is 0 Å². The van der Waals surface area contributed by atoms with E-state index in [1.165, 1.54) is 28.0 Å². The molecule has 5 rings (SSSR count). The van der Waals surface area contributed by atoms with Crippen LogP contribution in [0.2, 0.25) is 5.02 Å². The van der Waals surface area contributed by atoms with Crippen molar-refractivity contribution in [3.05, 3.63) is 75.6 Å². The predicted octanol–water partition coefficient (Wildman–Crippen LogP) is 4.51. The summed E-state index contributed by atoms with van der Waals surface area (Å²) in [5, 5.41) is 15.9. The van der Waals surface area contributed by atoms with Gasteiger partial charge in [0.15, 0.2) is 0 Å².